The number of unbranched alkanes of at least 4 members (excludes halogenated alkanes) is 7. The number of carboxylic acids is 3. The molecule has 188 valence electrons. The average molecular weight is 458 g/mol. The lowest BCUT2D eigenvalue weighted by molar-refractivity contribution is -0.929. The number of hydrogen-bond acceptors (Lipinski definition) is 4. The Kier molecular flexibility index (Phi) is 16.1. The van der Waals surface area contributed by atoms with E-state index in [-0.39, 0.29) is 0 Å². The van der Waals surface area contributed by atoms with Crippen LogP contribution in [-0.4, -0.2) is 58.8 Å². The molecule has 0 aliphatic heterocycles. The van der Waals surface area contributed by atoms with Gasteiger partial charge in [0.05, 0.1) is 38.0 Å². The number of carboxylic acid groups (broad SMARTS) is 3. The predicted molar refractivity (Wildman–Crippen MR) is 124 cm³/mol. The summed E-state index contributed by atoms with van der Waals surface area (Å²) in [6, 6.07) is 0. The van der Waals surface area contributed by atoms with Crippen LogP contribution >= 0.6 is 0 Å². The van der Waals surface area contributed by atoms with Gasteiger partial charge < -0.3 is 24.6 Å². The van der Waals surface area contributed by atoms with E-state index in [0.29, 0.717) is 43.4 Å². The Balaban J connectivity index is 5.18. The topological polar surface area (TPSA) is 115 Å². The van der Waals surface area contributed by atoms with E-state index in [4.69, 9.17) is 0 Å². The van der Waals surface area contributed by atoms with Crippen LogP contribution in [0.4, 0.5) is 0 Å². The molecule has 0 saturated carbocycles. The monoisotopic (exact) mass is 457 g/mol. The summed E-state index contributed by atoms with van der Waals surface area (Å²) in [5.41, 5.74) is 0. The van der Waals surface area contributed by atoms with Crippen LogP contribution in [0, 0.1) is 17.8 Å². The molecule has 0 aromatic rings. The lowest BCUT2D eigenvalue weighted by Crippen LogP contribution is -2.52. The highest BCUT2D eigenvalue weighted by Crippen LogP contribution is 2.21. The summed E-state index contributed by atoms with van der Waals surface area (Å²) >= 11 is 0. The second kappa shape index (κ2) is 16.9. The maximum absolute atomic E-state index is 11.4. The van der Waals surface area contributed by atoms with Gasteiger partial charge in [0.2, 0.25) is 0 Å². The molecule has 0 aromatic carbocycles. The summed E-state index contributed by atoms with van der Waals surface area (Å²) in [5, 5.41) is 29.9. The fourth-order valence-corrected chi connectivity index (χ4v) is 4.02. The third-order valence-electron chi connectivity index (χ3n) is 6.84. The van der Waals surface area contributed by atoms with Crippen LogP contribution in [0.5, 0.6) is 0 Å². The summed E-state index contributed by atoms with van der Waals surface area (Å²) in [4.78, 5) is 34.0. The summed E-state index contributed by atoms with van der Waals surface area (Å²) in [6.45, 7) is 9.90. The van der Waals surface area contributed by atoms with Crippen LogP contribution < -0.4 is 5.11 Å². The lowest BCUT2D eigenvalue weighted by Gasteiger charge is -2.41. The Morgan fingerprint density at radius 3 is 1.41 bits per heavy atom. The highest BCUT2D eigenvalue weighted by molar-refractivity contribution is 5.69. The molecule has 0 radical (unpaired) electrons. The third-order valence-corrected chi connectivity index (χ3v) is 6.84. The van der Waals surface area contributed by atoms with Gasteiger partial charge in [0.15, 0.2) is 0 Å². The van der Waals surface area contributed by atoms with Gasteiger partial charge in [0, 0.05) is 31.1 Å². The smallest absolute Gasteiger partial charge is 0.306 e. The molecule has 0 fully saturated rings. The number of quaternary nitrogens is 1. The normalized spacial score (nSPS) is 16.1. The van der Waals surface area contributed by atoms with Crippen molar-refractivity contribution in [1.82, 2.24) is 0 Å². The van der Waals surface area contributed by atoms with E-state index in [9.17, 15) is 29.7 Å². The van der Waals surface area contributed by atoms with E-state index in [0.717, 1.165) is 25.8 Å². The number of nitrogens with zero attached hydrogens (tertiary/aromatic N) is 1. The van der Waals surface area contributed by atoms with Crippen molar-refractivity contribution in [2.45, 2.75) is 98.3 Å². The van der Waals surface area contributed by atoms with Crippen LogP contribution in [0.3, 0.4) is 0 Å². The summed E-state index contributed by atoms with van der Waals surface area (Å²) < 4.78 is 0.586. The zero-order chi connectivity index (χ0) is 24.6. The van der Waals surface area contributed by atoms with Crippen molar-refractivity contribution in [3.05, 3.63) is 0 Å². The fraction of sp³-hybridized carbons (Fsp3) is 0.880. The van der Waals surface area contributed by atoms with Gasteiger partial charge in [-0.2, -0.15) is 0 Å². The molecule has 3 atom stereocenters. The molecule has 0 rings (SSSR count). The van der Waals surface area contributed by atoms with Gasteiger partial charge in [0.1, 0.15) is 0 Å². The van der Waals surface area contributed by atoms with Crippen LogP contribution in [0.25, 0.3) is 0 Å². The first-order valence-corrected chi connectivity index (χ1v) is 12.6. The Morgan fingerprint density at radius 2 is 1.03 bits per heavy atom. The minimum absolute atomic E-state index is 0.447. The fourth-order valence-electron chi connectivity index (χ4n) is 4.02. The first kappa shape index (κ1) is 30.4. The zero-order valence-electron chi connectivity index (χ0n) is 20.8. The molecule has 3 unspecified atom stereocenters. The number of carbonyl (C=O) groups is 3. The molecule has 0 heterocycles. The Hall–Kier alpha value is -1.63. The largest absolute Gasteiger partial charge is 0.550 e. The van der Waals surface area contributed by atoms with Crippen molar-refractivity contribution < 1.29 is 34.2 Å². The molecule has 0 spiro atoms. The Morgan fingerprint density at radius 1 is 0.656 bits per heavy atom. The van der Waals surface area contributed by atoms with E-state index in [1.54, 1.807) is 20.8 Å². The maximum atomic E-state index is 11.4. The number of aliphatic carboxylic acids is 3. The molecule has 2 N–H and O–H groups in total. The predicted octanol–water partition coefficient (Wildman–Crippen LogP) is 3.94. The number of rotatable bonds is 21. The molecule has 0 aromatic heterocycles. The first-order valence-electron chi connectivity index (χ1n) is 12.6. The minimum atomic E-state index is -1.08. The molecule has 0 aliphatic carbocycles. The van der Waals surface area contributed by atoms with Gasteiger partial charge in [-0.05, 0) is 12.8 Å². The molecule has 7 nitrogen and oxygen atoms in total. The quantitative estimate of drug-likeness (QED) is 0.199. The van der Waals surface area contributed by atoms with E-state index in [1.165, 1.54) is 32.1 Å². The lowest BCUT2D eigenvalue weighted by atomic mass is 10.0. The van der Waals surface area contributed by atoms with Gasteiger partial charge in [0.25, 0.3) is 0 Å². The second-order valence-electron chi connectivity index (χ2n) is 9.78. The summed E-state index contributed by atoms with van der Waals surface area (Å²) in [6.07, 6.45) is 10.9. The van der Waals surface area contributed by atoms with E-state index in [2.05, 4.69) is 6.92 Å². The molecule has 0 bridgehead atoms. The van der Waals surface area contributed by atoms with Crippen molar-refractivity contribution in [2.24, 2.45) is 17.8 Å². The average Bonchev–Trinajstić information content (AvgIpc) is 2.75. The number of carbonyl (C=O) groups excluding carboxylic acids is 1. The SMILES string of the molecule is CCCCCCCCCC[N+](CCC(C)C(=O)[O-])(CCC(C)C(=O)O)CCC(C)C(=O)O. The maximum Gasteiger partial charge on any atom is 0.306 e. The van der Waals surface area contributed by atoms with Gasteiger partial charge in [-0.1, -0.05) is 66.2 Å². The van der Waals surface area contributed by atoms with E-state index in [1.807, 2.05) is 0 Å². The molecule has 7 heteroatoms. The first-order chi connectivity index (χ1) is 15.0. The van der Waals surface area contributed by atoms with Gasteiger partial charge in [-0.3, -0.25) is 9.59 Å². The Labute approximate surface area is 194 Å². The van der Waals surface area contributed by atoms with E-state index < -0.39 is 35.7 Å². The van der Waals surface area contributed by atoms with Crippen molar-refractivity contribution in [3.8, 4) is 0 Å². The van der Waals surface area contributed by atoms with Gasteiger partial charge >= 0.3 is 11.9 Å². The van der Waals surface area contributed by atoms with Crippen molar-refractivity contribution in [3.63, 3.8) is 0 Å². The minimum Gasteiger partial charge on any atom is -0.550 e. The van der Waals surface area contributed by atoms with Crippen molar-refractivity contribution in [1.29, 1.82) is 0 Å². The summed E-state index contributed by atoms with van der Waals surface area (Å²) in [5.74, 6) is -4.30. The summed E-state index contributed by atoms with van der Waals surface area (Å²) in [7, 11) is 0. The van der Waals surface area contributed by atoms with Gasteiger partial charge in [-0.15, -0.1) is 0 Å². The highest BCUT2D eigenvalue weighted by atomic mass is 16.4. The standard InChI is InChI=1S/C25H47NO6/c1-5-6-7-8-9-10-11-12-16-26(17-13-20(2)23(27)28,18-14-21(3)24(29)30)19-15-22(4)25(31)32/h20-22H,5-19H2,1-4H3,(H2-,27,28,29,30,31,32). The highest BCUT2D eigenvalue weighted by Gasteiger charge is 2.30. The molecule has 0 saturated heterocycles. The van der Waals surface area contributed by atoms with E-state index >= 15 is 0 Å². The molecule has 0 aliphatic rings. The van der Waals surface area contributed by atoms with Crippen LogP contribution in [-0.2, 0) is 14.4 Å². The van der Waals surface area contributed by atoms with Crippen LogP contribution in [0.1, 0.15) is 98.3 Å². The van der Waals surface area contributed by atoms with Crippen LogP contribution in [0.2, 0.25) is 0 Å². The third kappa shape index (κ3) is 13.7. The van der Waals surface area contributed by atoms with Crippen molar-refractivity contribution in [2.75, 3.05) is 26.2 Å². The zero-order valence-corrected chi connectivity index (χ0v) is 20.8. The molecule has 0 amide bonds. The number of hydrogen-bond donors (Lipinski definition) is 2. The second-order valence-corrected chi connectivity index (χ2v) is 9.78. The van der Waals surface area contributed by atoms with Crippen molar-refractivity contribution >= 4 is 17.9 Å². The van der Waals surface area contributed by atoms with Gasteiger partial charge in [-0.25, -0.2) is 0 Å². The van der Waals surface area contributed by atoms with Crippen LogP contribution in [0.15, 0.2) is 0 Å². The molecular weight excluding hydrogens is 410 g/mol. The Bertz CT molecular complexity index is 491. The molecular formula is C25H47NO6. The molecule has 32 heavy (non-hydrogen) atoms.